The van der Waals surface area contributed by atoms with Crippen molar-refractivity contribution in [1.82, 2.24) is 19.8 Å². The normalized spacial score (nSPS) is 21.8. The van der Waals surface area contributed by atoms with Crippen molar-refractivity contribution in [1.29, 1.82) is 0 Å². The average molecular weight is 618 g/mol. The van der Waals surface area contributed by atoms with Gasteiger partial charge in [-0.3, -0.25) is 9.69 Å². The third-order valence-corrected chi connectivity index (χ3v) is 8.91. The van der Waals surface area contributed by atoms with Gasteiger partial charge in [0.2, 0.25) is 0 Å². The third-order valence-electron chi connectivity index (χ3n) is 8.46. The van der Waals surface area contributed by atoms with Crippen molar-refractivity contribution in [3.05, 3.63) is 92.7 Å². The minimum absolute atomic E-state index is 0.00461. The number of aliphatic hydroxyl groups is 2. The number of likely N-dealkylation sites (tertiary alicyclic amines) is 1. The number of aromatic nitrogens is 2. The van der Waals surface area contributed by atoms with Crippen LogP contribution in [0.3, 0.4) is 0 Å². The zero-order valence-corrected chi connectivity index (χ0v) is 25.4. The van der Waals surface area contributed by atoms with Crippen LogP contribution >= 0.6 is 23.2 Å². The summed E-state index contributed by atoms with van der Waals surface area (Å²) in [6.07, 6.45) is 3.77. The first-order chi connectivity index (χ1) is 20.0. The standard InChI is InChI=1S/C31H35Cl2FN4O4/c1-4-30(41,20-9-11-37(3)12-10-20)22-13-25-28(26(34)14-22)31(42-18-19(2)39,21-5-7-23(32)8-6-21)38(29(25)40)17-27-35-15-24(33)16-36-27/h5-8,13-16,19-20,39,41H,4,9-12,17-18H2,1-3H3/t19-,30?,31-/m1/s1. The Kier molecular flexibility index (Phi) is 8.90. The molecule has 1 aromatic heterocycles. The smallest absolute Gasteiger partial charge is 0.257 e. The molecule has 11 heteroatoms. The van der Waals surface area contributed by atoms with Crippen LogP contribution in [0, 0.1) is 11.7 Å². The Hall–Kier alpha value is -2.66. The van der Waals surface area contributed by atoms with Crippen LogP contribution < -0.4 is 0 Å². The van der Waals surface area contributed by atoms with E-state index in [1.807, 2.05) is 14.0 Å². The molecule has 0 radical (unpaired) electrons. The van der Waals surface area contributed by atoms with E-state index < -0.39 is 29.2 Å². The van der Waals surface area contributed by atoms with Crippen LogP contribution in [0.5, 0.6) is 0 Å². The molecule has 2 aliphatic rings. The molecule has 224 valence electrons. The molecule has 8 nitrogen and oxygen atoms in total. The maximum absolute atomic E-state index is 16.7. The summed E-state index contributed by atoms with van der Waals surface area (Å²) in [5, 5.41) is 23.0. The first-order valence-corrected chi connectivity index (χ1v) is 14.9. The average Bonchev–Trinajstić information content (AvgIpc) is 3.21. The van der Waals surface area contributed by atoms with Gasteiger partial charge in [-0.15, -0.1) is 0 Å². The Balaban J connectivity index is 1.71. The van der Waals surface area contributed by atoms with Gasteiger partial charge in [0.05, 0.1) is 41.0 Å². The minimum atomic E-state index is -1.78. The number of carbonyl (C=O) groups excluding carboxylic acids is 1. The molecule has 1 amide bonds. The predicted molar refractivity (Wildman–Crippen MR) is 158 cm³/mol. The van der Waals surface area contributed by atoms with Gasteiger partial charge in [-0.2, -0.15) is 0 Å². The fourth-order valence-corrected chi connectivity index (χ4v) is 6.43. The van der Waals surface area contributed by atoms with Crippen molar-refractivity contribution in [2.24, 2.45) is 5.92 Å². The second-order valence-electron chi connectivity index (χ2n) is 11.3. The van der Waals surface area contributed by atoms with Crippen LogP contribution in [0.25, 0.3) is 0 Å². The van der Waals surface area contributed by atoms with E-state index in [9.17, 15) is 15.0 Å². The topological polar surface area (TPSA) is 99.0 Å². The van der Waals surface area contributed by atoms with Gasteiger partial charge in [0.1, 0.15) is 11.6 Å². The highest BCUT2D eigenvalue weighted by Crippen LogP contribution is 2.50. The predicted octanol–water partition coefficient (Wildman–Crippen LogP) is 5.12. The van der Waals surface area contributed by atoms with E-state index in [0.717, 1.165) is 25.9 Å². The number of carbonyl (C=O) groups is 1. The first kappa shape index (κ1) is 30.8. The molecule has 0 saturated carbocycles. The monoisotopic (exact) mass is 616 g/mol. The molecule has 42 heavy (non-hydrogen) atoms. The van der Waals surface area contributed by atoms with Gasteiger partial charge < -0.3 is 19.8 Å². The van der Waals surface area contributed by atoms with Crippen molar-refractivity contribution in [2.45, 2.75) is 57.1 Å². The number of rotatable bonds is 9. The van der Waals surface area contributed by atoms with E-state index in [4.69, 9.17) is 27.9 Å². The number of benzene rings is 2. The van der Waals surface area contributed by atoms with Crippen molar-refractivity contribution >= 4 is 29.1 Å². The number of ether oxygens (including phenoxy) is 1. The molecule has 1 saturated heterocycles. The molecule has 3 aromatic rings. The molecule has 2 N–H and O–H groups in total. The van der Waals surface area contributed by atoms with E-state index in [2.05, 4.69) is 14.9 Å². The van der Waals surface area contributed by atoms with Gasteiger partial charge in [-0.1, -0.05) is 42.3 Å². The van der Waals surface area contributed by atoms with Crippen molar-refractivity contribution in [3.8, 4) is 0 Å². The van der Waals surface area contributed by atoms with Gasteiger partial charge in [-0.05, 0) is 82.1 Å². The van der Waals surface area contributed by atoms with Crippen molar-refractivity contribution < 1.29 is 24.1 Å². The third kappa shape index (κ3) is 5.54. The Morgan fingerprint density at radius 3 is 2.38 bits per heavy atom. The zero-order chi connectivity index (χ0) is 30.2. The maximum atomic E-state index is 16.7. The molecule has 1 unspecified atom stereocenters. The lowest BCUT2D eigenvalue weighted by Crippen LogP contribution is -2.48. The number of amides is 1. The lowest BCUT2D eigenvalue weighted by Gasteiger charge is -2.41. The Morgan fingerprint density at radius 2 is 1.79 bits per heavy atom. The number of aliphatic hydroxyl groups excluding tert-OH is 1. The molecule has 0 aliphatic carbocycles. The molecular weight excluding hydrogens is 582 g/mol. The highest BCUT2D eigenvalue weighted by molar-refractivity contribution is 6.30. The van der Waals surface area contributed by atoms with Crippen LogP contribution in [-0.2, 0) is 22.6 Å². The van der Waals surface area contributed by atoms with Crippen molar-refractivity contribution in [2.75, 3.05) is 26.7 Å². The summed E-state index contributed by atoms with van der Waals surface area (Å²) in [4.78, 5) is 26.4. The molecular formula is C31H35Cl2FN4O4. The summed E-state index contributed by atoms with van der Waals surface area (Å²) in [6, 6.07) is 9.51. The van der Waals surface area contributed by atoms with Crippen LogP contribution in [0.2, 0.25) is 10.0 Å². The Morgan fingerprint density at radius 1 is 1.14 bits per heavy atom. The van der Waals surface area contributed by atoms with Gasteiger partial charge in [0, 0.05) is 23.0 Å². The molecule has 2 aromatic carbocycles. The van der Waals surface area contributed by atoms with Gasteiger partial charge >= 0.3 is 0 Å². The lowest BCUT2D eigenvalue weighted by molar-refractivity contribution is -0.132. The number of nitrogens with zero attached hydrogens (tertiary/aromatic N) is 4. The van der Waals surface area contributed by atoms with Gasteiger partial charge in [-0.25, -0.2) is 14.4 Å². The molecule has 0 spiro atoms. The fourth-order valence-electron chi connectivity index (χ4n) is 6.20. The SMILES string of the molecule is CCC(O)(c1cc(F)c2c(c1)C(=O)N(Cc1ncc(Cl)cn1)[C@@]2(OC[C@@H](C)O)c1ccc(Cl)cc1)C1CCN(C)CC1. The van der Waals surface area contributed by atoms with E-state index in [1.54, 1.807) is 37.3 Å². The van der Waals surface area contributed by atoms with E-state index >= 15 is 4.39 Å². The number of hydrogen-bond acceptors (Lipinski definition) is 7. The second kappa shape index (κ2) is 12.1. The van der Waals surface area contributed by atoms with Crippen LogP contribution in [0.15, 0.2) is 48.8 Å². The summed E-state index contributed by atoms with van der Waals surface area (Å²) in [6.45, 7) is 4.71. The second-order valence-corrected chi connectivity index (χ2v) is 12.1. The Labute approximate surface area is 255 Å². The molecule has 2 aliphatic heterocycles. The van der Waals surface area contributed by atoms with Crippen LogP contribution in [0.4, 0.5) is 4.39 Å². The molecule has 3 atom stereocenters. The van der Waals surface area contributed by atoms with Crippen molar-refractivity contribution in [3.63, 3.8) is 0 Å². The molecule has 5 rings (SSSR count). The maximum Gasteiger partial charge on any atom is 0.257 e. The zero-order valence-electron chi connectivity index (χ0n) is 23.9. The number of halogens is 3. The quantitative estimate of drug-likeness (QED) is 0.344. The summed E-state index contributed by atoms with van der Waals surface area (Å²) < 4.78 is 23.0. The highest BCUT2D eigenvalue weighted by atomic mass is 35.5. The fraction of sp³-hybridized carbons (Fsp3) is 0.452. The minimum Gasteiger partial charge on any atom is -0.391 e. The van der Waals surface area contributed by atoms with E-state index in [-0.39, 0.29) is 36.0 Å². The summed E-state index contributed by atoms with van der Waals surface area (Å²) >= 11 is 12.2. The largest absolute Gasteiger partial charge is 0.391 e. The molecule has 3 heterocycles. The first-order valence-electron chi connectivity index (χ1n) is 14.1. The number of hydrogen-bond donors (Lipinski definition) is 2. The number of piperidine rings is 1. The van der Waals surface area contributed by atoms with Gasteiger partial charge in [0.15, 0.2) is 5.72 Å². The Bertz CT molecular complexity index is 1430. The number of fused-ring (bicyclic) bond motifs is 1. The van der Waals surface area contributed by atoms with Crippen LogP contribution in [0.1, 0.15) is 66.0 Å². The van der Waals surface area contributed by atoms with E-state index in [1.165, 1.54) is 23.4 Å². The van der Waals surface area contributed by atoms with Crippen LogP contribution in [-0.4, -0.2) is 68.7 Å². The summed E-state index contributed by atoms with van der Waals surface area (Å²) in [5.74, 6) is -1.06. The lowest BCUT2D eigenvalue weighted by atomic mass is 9.73. The molecule has 1 fully saturated rings. The highest BCUT2D eigenvalue weighted by Gasteiger charge is 2.55. The summed E-state index contributed by atoms with van der Waals surface area (Å²) in [5.41, 5.74) is -2.25. The molecule has 0 bridgehead atoms. The van der Waals surface area contributed by atoms with E-state index in [0.29, 0.717) is 27.6 Å². The van der Waals surface area contributed by atoms with Gasteiger partial charge in [0.25, 0.3) is 5.91 Å². The summed E-state index contributed by atoms with van der Waals surface area (Å²) in [7, 11) is 2.04.